The van der Waals surface area contributed by atoms with Gasteiger partial charge in [0.15, 0.2) is 0 Å². The Bertz CT molecular complexity index is 564. The molecule has 0 amide bonds. The second-order valence-electron chi connectivity index (χ2n) is 4.24. The van der Waals surface area contributed by atoms with Crippen molar-refractivity contribution in [2.45, 2.75) is 12.7 Å². The van der Waals surface area contributed by atoms with Crippen LogP contribution in [-0.4, -0.2) is 18.3 Å². The molecular weight excluding hydrogens is 271 g/mol. The number of furan rings is 1. The normalized spacial score (nSPS) is 11.8. The highest BCUT2D eigenvalue weighted by atomic mass is 19.4. The summed E-state index contributed by atoms with van der Waals surface area (Å²) in [4.78, 5) is 0. The summed E-state index contributed by atoms with van der Waals surface area (Å²) in [6, 6.07) is 8.33. The largest absolute Gasteiger partial charge is 0.460 e. The maximum absolute atomic E-state index is 12.6. The van der Waals surface area contributed by atoms with Crippen molar-refractivity contribution in [3.05, 3.63) is 47.7 Å². The van der Waals surface area contributed by atoms with Gasteiger partial charge in [0.2, 0.25) is 0 Å². The number of nitrogens with one attached hydrogen (secondary N) is 1. The second kappa shape index (κ2) is 6.11. The molecule has 1 aromatic heterocycles. The lowest BCUT2D eigenvalue weighted by Crippen LogP contribution is -2.16. The Morgan fingerprint density at radius 1 is 1.15 bits per heavy atom. The fourth-order valence-corrected chi connectivity index (χ4v) is 1.77. The first-order valence-electron chi connectivity index (χ1n) is 6.08. The average Bonchev–Trinajstić information content (AvgIpc) is 2.87. The van der Waals surface area contributed by atoms with E-state index in [2.05, 4.69) is 5.32 Å². The smallest absolute Gasteiger partial charge is 0.416 e. The fourth-order valence-electron chi connectivity index (χ4n) is 1.77. The van der Waals surface area contributed by atoms with Gasteiger partial charge in [0.05, 0.1) is 18.7 Å². The van der Waals surface area contributed by atoms with Crippen molar-refractivity contribution in [1.82, 2.24) is 5.32 Å². The van der Waals surface area contributed by atoms with E-state index in [4.69, 9.17) is 9.52 Å². The molecule has 0 saturated heterocycles. The van der Waals surface area contributed by atoms with E-state index in [1.165, 1.54) is 6.07 Å². The Kier molecular flexibility index (Phi) is 4.46. The molecular formula is C14H14F3NO2. The van der Waals surface area contributed by atoms with Crippen LogP contribution >= 0.6 is 0 Å². The van der Waals surface area contributed by atoms with Crippen LogP contribution in [-0.2, 0) is 12.7 Å². The molecule has 0 atom stereocenters. The molecule has 6 heteroatoms. The summed E-state index contributed by atoms with van der Waals surface area (Å²) in [7, 11) is 0. The molecule has 0 spiro atoms. The summed E-state index contributed by atoms with van der Waals surface area (Å²) >= 11 is 0. The predicted octanol–water partition coefficient (Wildman–Crippen LogP) is 3.05. The van der Waals surface area contributed by atoms with E-state index >= 15 is 0 Å². The van der Waals surface area contributed by atoms with E-state index in [9.17, 15) is 13.2 Å². The van der Waals surface area contributed by atoms with E-state index in [1.54, 1.807) is 18.2 Å². The minimum absolute atomic E-state index is 0.0151. The van der Waals surface area contributed by atoms with E-state index < -0.39 is 11.7 Å². The number of aliphatic hydroxyl groups excluding tert-OH is 1. The lowest BCUT2D eigenvalue weighted by atomic mass is 10.1. The zero-order valence-electron chi connectivity index (χ0n) is 10.6. The van der Waals surface area contributed by atoms with Gasteiger partial charge in [-0.3, -0.25) is 0 Å². The van der Waals surface area contributed by atoms with E-state index in [0.29, 0.717) is 30.2 Å². The summed E-state index contributed by atoms with van der Waals surface area (Å²) in [6.07, 6.45) is -4.37. The van der Waals surface area contributed by atoms with Crippen LogP contribution in [0.1, 0.15) is 11.3 Å². The van der Waals surface area contributed by atoms with Crippen molar-refractivity contribution < 1.29 is 22.7 Å². The number of halogens is 3. The summed E-state index contributed by atoms with van der Waals surface area (Å²) in [5.41, 5.74) is -0.320. The van der Waals surface area contributed by atoms with Crippen molar-refractivity contribution in [3.63, 3.8) is 0 Å². The molecule has 108 valence electrons. The van der Waals surface area contributed by atoms with E-state index in [1.807, 2.05) is 0 Å². The van der Waals surface area contributed by atoms with Crippen molar-refractivity contribution in [2.75, 3.05) is 13.2 Å². The zero-order chi connectivity index (χ0) is 14.6. The first-order valence-corrected chi connectivity index (χ1v) is 6.08. The molecule has 1 heterocycles. The quantitative estimate of drug-likeness (QED) is 0.830. The molecule has 2 aromatic rings. The number of hydrogen-bond acceptors (Lipinski definition) is 3. The molecule has 1 aromatic carbocycles. The van der Waals surface area contributed by atoms with Crippen LogP contribution in [0.15, 0.2) is 40.8 Å². The Hall–Kier alpha value is -1.79. The highest BCUT2D eigenvalue weighted by Crippen LogP contribution is 2.32. The third kappa shape index (κ3) is 3.61. The molecule has 0 aliphatic heterocycles. The Labute approximate surface area is 114 Å². The van der Waals surface area contributed by atoms with Gasteiger partial charge in [0.1, 0.15) is 11.5 Å². The standard InChI is InChI=1S/C14H14F3NO2/c15-14(16,17)11-3-1-2-10(8-11)13-5-4-12(20-13)9-18-6-7-19/h1-5,8,18-19H,6-7,9H2. The van der Waals surface area contributed by atoms with E-state index in [-0.39, 0.29) is 6.61 Å². The topological polar surface area (TPSA) is 45.4 Å². The first-order chi connectivity index (χ1) is 9.50. The fraction of sp³-hybridized carbons (Fsp3) is 0.286. The molecule has 0 aliphatic carbocycles. The van der Waals surface area contributed by atoms with Gasteiger partial charge in [-0.25, -0.2) is 0 Å². The molecule has 0 unspecified atom stereocenters. The van der Waals surface area contributed by atoms with E-state index in [0.717, 1.165) is 12.1 Å². The monoisotopic (exact) mass is 285 g/mol. The summed E-state index contributed by atoms with van der Waals surface area (Å²) in [6.45, 7) is 0.861. The van der Waals surface area contributed by atoms with Gasteiger partial charge in [-0.05, 0) is 24.3 Å². The van der Waals surface area contributed by atoms with Gasteiger partial charge in [-0.15, -0.1) is 0 Å². The summed E-state index contributed by atoms with van der Waals surface area (Å²) < 4.78 is 43.4. The van der Waals surface area contributed by atoms with Crippen molar-refractivity contribution in [2.24, 2.45) is 0 Å². The third-order valence-corrected chi connectivity index (χ3v) is 2.72. The summed E-state index contributed by atoms with van der Waals surface area (Å²) in [5.74, 6) is 0.989. The molecule has 0 radical (unpaired) electrons. The first kappa shape index (κ1) is 14.6. The van der Waals surface area contributed by atoms with Gasteiger partial charge < -0.3 is 14.8 Å². The molecule has 3 nitrogen and oxygen atoms in total. The lowest BCUT2D eigenvalue weighted by molar-refractivity contribution is -0.137. The van der Waals surface area contributed by atoms with Gasteiger partial charge >= 0.3 is 6.18 Å². The molecule has 0 bridgehead atoms. The lowest BCUT2D eigenvalue weighted by Gasteiger charge is -2.07. The zero-order valence-corrected chi connectivity index (χ0v) is 10.6. The van der Waals surface area contributed by atoms with Crippen LogP contribution in [0, 0.1) is 0 Å². The van der Waals surface area contributed by atoms with Crippen LogP contribution in [0.25, 0.3) is 11.3 Å². The van der Waals surface area contributed by atoms with Crippen molar-refractivity contribution >= 4 is 0 Å². The SMILES string of the molecule is OCCNCc1ccc(-c2cccc(C(F)(F)F)c2)o1. The van der Waals surface area contributed by atoms with Crippen LogP contribution in [0.2, 0.25) is 0 Å². The minimum Gasteiger partial charge on any atom is -0.460 e. The Balaban J connectivity index is 2.16. The highest BCUT2D eigenvalue weighted by molar-refractivity contribution is 5.58. The predicted molar refractivity (Wildman–Crippen MR) is 67.9 cm³/mol. The van der Waals surface area contributed by atoms with Crippen LogP contribution in [0.3, 0.4) is 0 Å². The highest BCUT2D eigenvalue weighted by Gasteiger charge is 2.30. The Morgan fingerprint density at radius 3 is 2.65 bits per heavy atom. The number of benzene rings is 1. The van der Waals surface area contributed by atoms with Crippen LogP contribution < -0.4 is 5.32 Å². The molecule has 2 rings (SSSR count). The van der Waals surface area contributed by atoms with Gasteiger partial charge in [0.25, 0.3) is 0 Å². The second-order valence-corrected chi connectivity index (χ2v) is 4.24. The molecule has 0 aliphatic rings. The molecule has 0 fully saturated rings. The number of alkyl halides is 3. The minimum atomic E-state index is -4.37. The van der Waals surface area contributed by atoms with Gasteiger partial charge in [0, 0.05) is 12.1 Å². The number of hydrogen-bond donors (Lipinski definition) is 2. The number of rotatable bonds is 5. The van der Waals surface area contributed by atoms with Crippen molar-refractivity contribution in [1.29, 1.82) is 0 Å². The van der Waals surface area contributed by atoms with Crippen molar-refractivity contribution in [3.8, 4) is 11.3 Å². The molecule has 2 N–H and O–H groups in total. The average molecular weight is 285 g/mol. The van der Waals surface area contributed by atoms with Gasteiger partial charge in [-0.1, -0.05) is 12.1 Å². The van der Waals surface area contributed by atoms with Gasteiger partial charge in [-0.2, -0.15) is 13.2 Å². The Morgan fingerprint density at radius 2 is 1.95 bits per heavy atom. The molecule has 20 heavy (non-hydrogen) atoms. The molecule has 0 saturated carbocycles. The number of aliphatic hydroxyl groups is 1. The van der Waals surface area contributed by atoms with Crippen LogP contribution in [0.5, 0.6) is 0 Å². The summed E-state index contributed by atoms with van der Waals surface area (Å²) in [5, 5.41) is 11.6. The third-order valence-electron chi connectivity index (χ3n) is 2.72. The van der Waals surface area contributed by atoms with Crippen LogP contribution in [0.4, 0.5) is 13.2 Å². The maximum Gasteiger partial charge on any atom is 0.416 e. The maximum atomic E-state index is 12.6.